The number of hydrogen-bond donors (Lipinski definition) is 0. The van der Waals surface area contributed by atoms with E-state index in [4.69, 9.17) is 28.4 Å². The summed E-state index contributed by atoms with van der Waals surface area (Å²) in [4.78, 5) is 12.7. The van der Waals surface area contributed by atoms with Crippen molar-refractivity contribution in [3.8, 4) is 23.0 Å². The second-order valence-electron chi connectivity index (χ2n) is 7.17. The van der Waals surface area contributed by atoms with Gasteiger partial charge in [0.05, 0.1) is 7.11 Å². The Balaban J connectivity index is 2.19. The molecule has 0 N–H and O–H groups in total. The lowest BCUT2D eigenvalue weighted by Gasteiger charge is -2.17. The number of hydrogen-bond acceptors (Lipinski definition) is 7. The van der Waals surface area contributed by atoms with Crippen LogP contribution in [0.1, 0.15) is 43.6 Å². The van der Waals surface area contributed by atoms with Gasteiger partial charge in [0.25, 0.3) is 0 Å². The van der Waals surface area contributed by atoms with Gasteiger partial charge in [-0.15, -0.1) is 0 Å². The Kier molecular flexibility index (Phi) is 11.7. The number of ketones is 1. The Bertz CT molecular complexity index is 962. The third-order valence-corrected chi connectivity index (χ3v) is 4.82. The van der Waals surface area contributed by atoms with Crippen molar-refractivity contribution < 1.29 is 33.2 Å². The van der Waals surface area contributed by atoms with Crippen LogP contribution < -0.4 is 18.9 Å². The molecule has 0 saturated carbocycles. The molecule has 2 rings (SSSR count). The normalized spacial score (nSPS) is 11.5. The Morgan fingerprint density at radius 3 is 2.18 bits per heavy atom. The van der Waals surface area contributed by atoms with Crippen LogP contribution in [-0.2, 0) is 9.47 Å². The van der Waals surface area contributed by atoms with Crippen molar-refractivity contribution in [3.05, 3.63) is 65.3 Å². The summed E-state index contributed by atoms with van der Waals surface area (Å²) in [5.41, 5.74) is 2.35. The monoisotopic (exact) mass is 470 g/mol. The summed E-state index contributed by atoms with van der Waals surface area (Å²) in [7, 11) is 1.53. The smallest absolute Gasteiger partial charge is 0.206 e. The summed E-state index contributed by atoms with van der Waals surface area (Å²) in [6, 6.07) is 10.6. The van der Waals surface area contributed by atoms with Gasteiger partial charge in [0.1, 0.15) is 12.4 Å². The van der Waals surface area contributed by atoms with E-state index in [0.29, 0.717) is 53.9 Å². The van der Waals surface area contributed by atoms with Crippen LogP contribution in [0.25, 0.3) is 6.08 Å². The van der Waals surface area contributed by atoms with Crippen LogP contribution in [0.2, 0.25) is 0 Å². The van der Waals surface area contributed by atoms with Crippen molar-refractivity contribution in [1.82, 2.24) is 0 Å². The first-order valence-electron chi connectivity index (χ1n) is 11.2. The Morgan fingerprint density at radius 2 is 1.56 bits per heavy atom. The molecule has 0 saturated heterocycles. The van der Waals surface area contributed by atoms with Crippen LogP contribution in [-0.4, -0.2) is 46.3 Å². The van der Waals surface area contributed by atoms with Crippen molar-refractivity contribution >= 4 is 11.9 Å². The number of carbonyl (C=O) groups excluding carboxylic acids is 1. The van der Waals surface area contributed by atoms with E-state index < -0.39 is 0 Å². The van der Waals surface area contributed by atoms with Gasteiger partial charge in [-0.05, 0) is 81.8 Å². The number of ether oxygens (including phenoxy) is 6. The molecule has 0 aliphatic carbocycles. The van der Waals surface area contributed by atoms with Crippen LogP contribution in [0, 0.1) is 0 Å². The maximum Gasteiger partial charge on any atom is 0.206 e. The van der Waals surface area contributed by atoms with Gasteiger partial charge in [-0.1, -0.05) is 6.08 Å². The van der Waals surface area contributed by atoms with Crippen LogP contribution in [0.3, 0.4) is 0 Å². The molecule has 2 aromatic carbocycles. The Labute approximate surface area is 201 Å². The molecule has 0 atom stereocenters. The van der Waals surface area contributed by atoms with Gasteiger partial charge in [-0.3, -0.25) is 4.79 Å². The fourth-order valence-corrected chi connectivity index (χ4v) is 2.78. The third-order valence-electron chi connectivity index (χ3n) is 4.82. The summed E-state index contributed by atoms with van der Waals surface area (Å²) >= 11 is 0. The van der Waals surface area contributed by atoms with Crippen molar-refractivity contribution in [2.45, 2.75) is 27.7 Å². The topological polar surface area (TPSA) is 72.5 Å². The van der Waals surface area contributed by atoms with E-state index in [0.717, 1.165) is 5.57 Å². The quantitative estimate of drug-likeness (QED) is 0.109. The van der Waals surface area contributed by atoms with Gasteiger partial charge in [-0.2, -0.15) is 0 Å². The van der Waals surface area contributed by atoms with E-state index in [1.165, 1.54) is 13.2 Å². The maximum absolute atomic E-state index is 12.7. The van der Waals surface area contributed by atoms with Crippen molar-refractivity contribution in [3.63, 3.8) is 0 Å². The highest BCUT2D eigenvalue weighted by molar-refractivity contribution is 6.07. The van der Waals surface area contributed by atoms with Crippen LogP contribution >= 0.6 is 0 Å². The lowest BCUT2D eigenvalue weighted by Crippen LogP contribution is -2.08. The molecule has 0 bridgehead atoms. The van der Waals surface area contributed by atoms with E-state index in [2.05, 4.69) is 0 Å². The summed E-state index contributed by atoms with van der Waals surface area (Å²) in [6.45, 7) is 9.38. The molecule has 0 aliphatic rings. The Hall–Kier alpha value is -3.29. The molecule has 7 nitrogen and oxygen atoms in total. The third kappa shape index (κ3) is 8.24. The minimum absolute atomic E-state index is 0.0337. The molecule has 0 aliphatic heterocycles. The van der Waals surface area contributed by atoms with E-state index in [1.807, 2.05) is 33.8 Å². The summed E-state index contributed by atoms with van der Waals surface area (Å²) in [5, 5.41) is 0. The molecule has 7 heteroatoms. The number of rotatable bonds is 15. The standard InChI is InChI=1S/C27H34O7/c1-6-20(4)17-32-23-13-9-21(10-14-23)24(28)15-11-22-12-16-25(33-18-30-7-2)27(26(22)29-5)34-19-31-8-3/h6,9-16H,7-8,17-19H2,1-5H3/b15-11+,20-6?. The second-order valence-corrected chi connectivity index (χ2v) is 7.17. The van der Waals surface area contributed by atoms with Gasteiger partial charge >= 0.3 is 0 Å². The number of carbonyl (C=O) groups is 1. The minimum Gasteiger partial charge on any atom is -0.492 e. The van der Waals surface area contributed by atoms with Crippen molar-refractivity contribution in [2.75, 3.05) is 40.5 Å². The lowest BCUT2D eigenvalue weighted by atomic mass is 10.1. The summed E-state index contributed by atoms with van der Waals surface area (Å²) in [6.07, 6.45) is 5.17. The van der Waals surface area contributed by atoms with Gasteiger partial charge in [-0.25, -0.2) is 0 Å². The second kappa shape index (κ2) is 14.8. The highest BCUT2D eigenvalue weighted by Crippen LogP contribution is 2.41. The fourth-order valence-electron chi connectivity index (χ4n) is 2.78. The molecule has 0 aromatic heterocycles. The molecule has 0 radical (unpaired) electrons. The molecule has 0 fully saturated rings. The maximum atomic E-state index is 12.7. The molecule has 0 unspecified atom stereocenters. The van der Waals surface area contributed by atoms with Gasteiger partial charge in [0.15, 0.2) is 30.9 Å². The number of methoxy groups -OCH3 is 1. The van der Waals surface area contributed by atoms with Crippen molar-refractivity contribution in [1.29, 1.82) is 0 Å². The first-order chi connectivity index (χ1) is 16.5. The molecule has 0 heterocycles. The van der Waals surface area contributed by atoms with Gasteiger partial charge in [0, 0.05) is 24.3 Å². The lowest BCUT2D eigenvalue weighted by molar-refractivity contribution is 0.00489. The number of benzene rings is 2. The van der Waals surface area contributed by atoms with Gasteiger partial charge in [0.2, 0.25) is 5.75 Å². The zero-order valence-corrected chi connectivity index (χ0v) is 20.6. The molecular weight excluding hydrogens is 436 g/mol. The zero-order valence-electron chi connectivity index (χ0n) is 20.6. The molecule has 0 spiro atoms. The minimum atomic E-state index is -0.147. The van der Waals surface area contributed by atoms with Crippen LogP contribution in [0.5, 0.6) is 23.0 Å². The average Bonchev–Trinajstić information content (AvgIpc) is 2.87. The number of allylic oxidation sites excluding steroid dienone is 2. The SMILES string of the molecule is CC=C(C)COc1ccc(C(=O)/C=C/c2ccc(OCOCC)c(OCOCC)c2OC)cc1. The molecule has 2 aromatic rings. The van der Waals surface area contributed by atoms with Crippen LogP contribution in [0.4, 0.5) is 0 Å². The molecule has 184 valence electrons. The molecular formula is C27H34O7. The average molecular weight is 471 g/mol. The Morgan fingerprint density at radius 1 is 0.882 bits per heavy atom. The largest absolute Gasteiger partial charge is 0.492 e. The highest BCUT2D eigenvalue weighted by atomic mass is 16.7. The van der Waals surface area contributed by atoms with E-state index in [9.17, 15) is 4.79 Å². The summed E-state index contributed by atoms with van der Waals surface area (Å²) in [5.74, 6) is 1.83. The van der Waals surface area contributed by atoms with Crippen molar-refractivity contribution in [2.24, 2.45) is 0 Å². The van der Waals surface area contributed by atoms with E-state index in [1.54, 1.807) is 42.5 Å². The summed E-state index contributed by atoms with van der Waals surface area (Å²) < 4.78 is 33.3. The first-order valence-corrected chi connectivity index (χ1v) is 11.2. The fraction of sp³-hybridized carbons (Fsp3) is 0.370. The van der Waals surface area contributed by atoms with Gasteiger partial charge < -0.3 is 28.4 Å². The van der Waals surface area contributed by atoms with E-state index in [-0.39, 0.29) is 19.4 Å². The van der Waals surface area contributed by atoms with E-state index >= 15 is 0 Å². The predicted octanol–water partition coefficient (Wildman–Crippen LogP) is 5.68. The molecule has 0 amide bonds. The zero-order chi connectivity index (χ0) is 24.8. The highest BCUT2D eigenvalue weighted by Gasteiger charge is 2.17. The van der Waals surface area contributed by atoms with Crippen LogP contribution in [0.15, 0.2) is 54.1 Å². The molecule has 34 heavy (non-hydrogen) atoms. The predicted molar refractivity (Wildman–Crippen MR) is 132 cm³/mol. The first kappa shape index (κ1) is 27.0.